The number of benzene rings is 4. The normalized spacial score (nSPS) is 13.9. The van der Waals surface area contributed by atoms with Crippen LogP contribution in [-0.4, -0.2) is 11.4 Å². The summed E-state index contributed by atoms with van der Waals surface area (Å²) >= 11 is 0. The van der Waals surface area contributed by atoms with Crippen LogP contribution in [0.4, 0.5) is 0 Å². The van der Waals surface area contributed by atoms with Crippen LogP contribution in [0.25, 0.3) is 38.2 Å². The van der Waals surface area contributed by atoms with Gasteiger partial charge in [-0.3, -0.25) is 10.8 Å². The maximum atomic E-state index is 7.94. The van der Waals surface area contributed by atoms with Crippen molar-refractivity contribution in [3.05, 3.63) is 103 Å². The molecule has 0 amide bonds. The number of allylic oxidation sites excluding steroid dienone is 4. The van der Waals surface area contributed by atoms with Gasteiger partial charge in [0.05, 0.1) is 11.4 Å². The highest BCUT2D eigenvalue weighted by atomic mass is 14.5. The highest BCUT2D eigenvalue weighted by Crippen LogP contribution is 2.37. The molecule has 0 aromatic heterocycles. The van der Waals surface area contributed by atoms with Crippen molar-refractivity contribution in [1.29, 1.82) is 10.8 Å². The summed E-state index contributed by atoms with van der Waals surface area (Å²) in [6.07, 6.45) is 5.38. The lowest BCUT2D eigenvalue weighted by molar-refractivity contribution is 1.49. The van der Waals surface area contributed by atoms with Gasteiger partial charge in [0, 0.05) is 0 Å². The summed E-state index contributed by atoms with van der Waals surface area (Å²) in [5, 5.41) is 20.5. The molecule has 28 heavy (non-hydrogen) atoms. The predicted octanol–water partition coefficient (Wildman–Crippen LogP) is 6.65. The average Bonchev–Trinajstić information content (AvgIpc) is 2.74. The lowest BCUT2D eigenvalue weighted by Gasteiger charge is -2.14. The van der Waals surface area contributed by atoms with Gasteiger partial charge in [-0.2, -0.15) is 0 Å². The van der Waals surface area contributed by atoms with Crippen LogP contribution in [0.2, 0.25) is 0 Å². The van der Waals surface area contributed by atoms with E-state index in [-0.39, 0.29) is 11.4 Å². The van der Waals surface area contributed by atoms with Crippen molar-refractivity contribution in [1.82, 2.24) is 0 Å². The van der Waals surface area contributed by atoms with Crippen LogP contribution < -0.4 is 0 Å². The molecule has 0 spiro atoms. The average molecular weight is 358 g/mol. The highest BCUT2D eigenvalue weighted by Gasteiger charge is 2.13. The monoisotopic (exact) mass is 358 g/mol. The Morgan fingerprint density at radius 1 is 0.536 bits per heavy atom. The molecule has 0 bridgehead atoms. The van der Waals surface area contributed by atoms with E-state index >= 15 is 0 Å². The number of hydrogen-bond donors (Lipinski definition) is 2. The van der Waals surface area contributed by atoms with Crippen molar-refractivity contribution in [2.24, 2.45) is 0 Å². The second-order valence-electron chi connectivity index (χ2n) is 7.04. The SMILES string of the molecule is N=C1C=CC(c2ccc3c(-c4ccccc4)c4ccccc4cc3c2)=CC1=N. The highest BCUT2D eigenvalue weighted by molar-refractivity contribution is 6.50. The Kier molecular flexibility index (Phi) is 3.77. The lowest BCUT2D eigenvalue weighted by Crippen LogP contribution is -2.09. The molecule has 4 aromatic carbocycles. The second kappa shape index (κ2) is 6.43. The van der Waals surface area contributed by atoms with Crippen LogP contribution in [0.1, 0.15) is 5.56 Å². The first-order chi connectivity index (χ1) is 13.7. The minimum atomic E-state index is 0.251. The number of hydrogen-bond acceptors (Lipinski definition) is 2. The standard InChI is InChI=1S/C26H18N2/c27-24-13-11-19(16-25(24)28)18-10-12-23-21(14-18)15-20-8-4-5-9-22(20)26(23)17-6-2-1-3-7-17/h1-16,27-28H. The Bertz CT molecular complexity index is 1320. The van der Waals surface area contributed by atoms with E-state index in [0.717, 1.165) is 11.1 Å². The Labute approximate surface area is 163 Å². The molecular weight excluding hydrogens is 340 g/mol. The molecule has 1 aliphatic rings. The van der Waals surface area contributed by atoms with Crippen LogP contribution in [0.5, 0.6) is 0 Å². The second-order valence-corrected chi connectivity index (χ2v) is 7.04. The van der Waals surface area contributed by atoms with Crippen molar-refractivity contribution in [2.45, 2.75) is 0 Å². The zero-order valence-electron chi connectivity index (χ0n) is 15.2. The maximum Gasteiger partial charge on any atom is 0.0795 e. The maximum absolute atomic E-state index is 7.94. The summed E-state index contributed by atoms with van der Waals surface area (Å²) in [4.78, 5) is 0. The van der Waals surface area contributed by atoms with Crippen LogP contribution in [0.3, 0.4) is 0 Å². The first kappa shape index (κ1) is 16.4. The molecular formula is C26H18N2. The Hall–Kier alpha value is -3.78. The zero-order chi connectivity index (χ0) is 19.1. The van der Waals surface area contributed by atoms with Crippen molar-refractivity contribution < 1.29 is 0 Å². The third-order valence-corrected chi connectivity index (χ3v) is 5.28. The van der Waals surface area contributed by atoms with Crippen molar-refractivity contribution >= 4 is 38.5 Å². The predicted molar refractivity (Wildman–Crippen MR) is 119 cm³/mol. The van der Waals surface area contributed by atoms with E-state index < -0.39 is 0 Å². The summed E-state index contributed by atoms with van der Waals surface area (Å²) in [7, 11) is 0. The molecule has 5 rings (SSSR count). The molecule has 4 aromatic rings. The molecule has 2 heteroatoms. The Morgan fingerprint density at radius 2 is 1.29 bits per heavy atom. The summed E-state index contributed by atoms with van der Waals surface area (Å²) in [5.41, 5.74) is 5.00. The van der Waals surface area contributed by atoms with Gasteiger partial charge >= 0.3 is 0 Å². The fourth-order valence-corrected chi connectivity index (χ4v) is 3.89. The van der Waals surface area contributed by atoms with Gasteiger partial charge in [0.25, 0.3) is 0 Å². The fourth-order valence-electron chi connectivity index (χ4n) is 3.89. The molecule has 0 atom stereocenters. The summed E-state index contributed by atoms with van der Waals surface area (Å²) in [5.74, 6) is 0. The summed E-state index contributed by atoms with van der Waals surface area (Å²) in [6, 6.07) is 27.7. The Morgan fingerprint density at radius 3 is 2.11 bits per heavy atom. The molecule has 1 aliphatic carbocycles. The van der Waals surface area contributed by atoms with Gasteiger partial charge in [0.1, 0.15) is 0 Å². The lowest BCUT2D eigenvalue weighted by atomic mass is 9.89. The molecule has 0 saturated carbocycles. The van der Waals surface area contributed by atoms with Crippen LogP contribution in [0.15, 0.2) is 97.1 Å². The molecule has 0 unspecified atom stereocenters. The van der Waals surface area contributed by atoms with Crippen LogP contribution in [0, 0.1) is 10.8 Å². The van der Waals surface area contributed by atoms with Gasteiger partial charge in [0.2, 0.25) is 0 Å². The number of rotatable bonds is 2. The van der Waals surface area contributed by atoms with Crippen molar-refractivity contribution in [3.8, 4) is 11.1 Å². The van der Waals surface area contributed by atoms with Gasteiger partial charge in [-0.05, 0) is 68.1 Å². The van der Waals surface area contributed by atoms with Gasteiger partial charge in [-0.25, -0.2) is 0 Å². The summed E-state index contributed by atoms with van der Waals surface area (Å²) < 4.78 is 0. The third-order valence-electron chi connectivity index (χ3n) is 5.28. The topological polar surface area (TPSA) is 47.7 Å². The minimum absolute atomic E-state index is 0.251. The largest absolute Gasteiger partial charge is 0.299 e. The zero-order valence-corrected chi connectivity index (χ0v) is 15.2. The van der Waals surface area contributed by atoms with Crippen molar-refractivity contribution in [3.63, 3.8) is 0 Å². The smallest absolute Gasteiger partial charge is 0.0795 e. The molecule has 132 valence electrons. The molecule has 0 saturated heterocycles. The van der Waals surface area contributed by atoms with Crippen molar-refractivity contribution in [2.75, 3.05) is 0 Å². The fraction of sp³-hybridized carbons (Fsp3) is 0. The van der Waals surface area contributed by atoms with Gasteiger partial charge in [-0.15, -0.1) is 0 Å². The Balaban J connectivity index is 1.79. The van der Waals surface area contributed by atoms with Gasteiger partial charge in [-0.1, -0.05) is 72.8 Å². The third kappa shape index (κ3) is 2.67. The quantitative estimate of drug-likeness (QED) is 0.298. The number of nitrogens with one attached hydrogen (secondary N) is 2. The molecule has 0 fully saturated rings. The molecule has 0 heterocycles. The van der Waals surface area contributed by atoms with Crippen LogP contribution >= 0.6 is 0 Å². The van der Waals surface area contributed by atoms with E-state index in [2.05, 4.69) is 72.8 Å². The first-order valence-corrected chi connectivity index (χ1v) is 9.29. The number of fused-ring (bicyclic) bond motifs is 2. The van der Waals surface area contributed by atoms with Crippen LogP contribution in [-0.2, 0) is 0 Å². The minimum Gasteiger partial charge on any atom is -0.299 e. The first-order valence-electron chi connectivity index (χ1n) is 9.29. The molecule has 0 aliphatic heterocycles. The van der Waals surface area contributed by atoms with Gasteiger partial charge in [0.15, 0.2) is 0 Å². The molecule has 2 nitrogen and oxygen atoms in total. The van der Waals surface area contributed by atoms with E-state index in [1.807, 2.05) is 12.1 Å². The van der Waals surface area contributed by atoms with E-state index in [1.54, 1.807) is 12.2 Å². The van der Waals surface area contributed by atoms with E-state index in [1.165, 1.54) is 32.7 Å². The van der Waals surface area contributed by atoms with E-state index in [4.69, 9.17) is 10.8 Å². The summed E-state index contributed by atoms with van der Waals surface area (Å²) in [6.45, 7) is 0. The van der Waals surface area contributed by atoms with E-state index in [9.17, 15) is 0 Å². The molecule has 0 radical (unpaired) electrons. The van der Waals surface area contributed by atoms with E-state index in [0.29, 0.717) is 0 Å². The molecule has 2 N–H and O–H groups in total. The van der Waals surface area contributed by atoms with Gasteiger partial charge < -0.3 is 0 Å².